The van der Waals surface area contributed by atoms with Crippen molar-refractivity contribution in [1.82, 2.24) is 0 Å². The number of benzene rings is 2. The molecule has 0 atom stereocenters. The van der Waals surface area contributed by atoms with Gasteiger partial charge in [-0.05, 0) is 41.3 Å². The Labute approximate surface area is 141 Å². The van der Waals surface area contributed by atoms with Gasteiger partial charge in [-0.2, -0.15) is 0 Å². The molecule has 2 aromatic carbocycles. The van der Waals surface area contributed by atoms with Crippen LogP contribution in [0.3, 0.4) is 0 Å². The first kappa shape index (κ1) is 15.1. The first-order valence-corrected chi connectivity index (χ1v) is 8.44. The molecule has 0 aromatic heterocycles. The van der Waals surface area contributed by atoms with E-state index >= 15 is 0 Å². The molecule has 0 N–H and O–H groups in total. The van der Waals surface area contributed by atoms with Crippen LogP contribution >= 0.6 is 0 Å². The summed E-state index contributed by atoms with van der Waals surface area (Å²) in [5.41, 5.74) is 4.23. The van der Waals surface area contributed by atoms with Crippen LogP contribution in [-0.4, -0.2) is 25.8 Å². The van der Waals surface area contributed by atoms with Gasteiger partial charge in [0.2, 0.25) is 0 Å². The molecule has 0 fully saturated rings. The molecule has 0 amide bonds. The van der Waals surface area contributed by atoms with E-state index in [1.165, 1.54) is 0 Å². The third kappa shape index (κ3) is 2.62. The average molecular weight is 324 g/mol. The summed E-state index contributed by atoms with van der Waals surface area (Å²) in [5.74, 6) is 1.21. The molecule has 24 heavy (non-hydrogen) atoms. The van der Waals surface area contributed by atoms with Crippen LogP contribution < -0.4 is 9.47 Å². The second-order valence-corrected chi connectivity index (χ2v) is 6.12. The van der Waals surface area contributed by atoms with E-state index < -0.39 is 5.92 Å². The van der Waals surface area contributed by atoms with Gasteiger partial charge >= 0.3 is 5.97 Å². The van der Waals surface area contributed by atoms with Crippen molar-refractivity contribution in [3.63, 3.8) is 0 Å². The van der Waals surface area contributed by atoms with E-state index in [1.54, 1.807) is 0 Å². The molecule has 4 rings (SSSR count). The minimum Gasteiger partial charge on any atom is -0.493 e. The molecule has 4 heteroatoms. The van der Waals surface area contributed by atoms with Crippen molar-refractivity contribution in [3.05, 3.63) is 58.7 Å². The van der Waals surface area contributed by atoms with E-state index in [4.69, 9.17) is 14.2 Å². The lowest BCUT2D eigenvalue weighted by atomic mass is 9.89. The predicted octanol–water partition coefficient (Wildman–Crippen LogP) is 3.25. The van der Waals surface area contributed by atoms with Gasteiger partial charge in [0.25, 0.3) is 0 Å². The monoisotopic (exact) mass is 324 g/mol. The summed E-state index contributed by atoms with van der Waals surface area (Å²) in [4.78, 5) is 12.7. The average Bonchev–Trinajstić information content (AvgIpc) is 3.23. The Bertz CT molecular complexity index is 724. The van der Waals surface area contributed by atoms with Crippen molar-refractivity contribution in [1.29, 1.82) is 0 Å². The van der Waals surface area contributed by atoms with Gasteiger partial charge in [0.15, 0.2) is 0 Å². The molecule has 0 unspecified atom stereocenters. The number of rotatable bonds is 4. The quantitative estimate of drug-likeness (QED) is 0.810. The van der Waals surface area contributed by atoms with Crippen molar-refractivity contribution in [3.8, 4) is 11.5 Å². The topological polar surface area (TPSA) is 44.8 Å². The highest BCUT2D eigenvalue weighted by Crippen LogP contribution is 2.35. The smallest absolute Gasteiger partial charge is 0.317 e. The number of esters is 1. The lowest BCUT2D eigenvalue weighted by Gasteiger charge is -2.18. The van der Waals surface area contributed by atoms with Crippen molar-refractivity contribution in [2.75, 3.05) is 19.8 Å². The third-order valence-electron chi connectivity index (χ3n) is 4.62. The van der Waals surface area contributed by atoms with Gasteiger partial charge in [-0.15, -0.1) is 0 Å². The summed E-state index contributed by atoms with van der Waals surface area (Å²) >= 11 is 0. The summed E-state index contributed by atoms with van der Waals surface area (Å²) in [5, 5.41) is 0. The normalized spacial score (nSPS) is 14.8. The van der Waals surface area contributed by atoms with Crippen LogP contribution in [-0.2, 0) is 22.4 Å². The Hall–Kier alpha value is -2.49. The van der Waals surface area contributed by atoms with Crippen molar-refractivity contribution < 1.29 is 19.0 Å². The highest BCUT2D eigenvalue weighted by Gasteiger charge is 2.27. The van der Waals surface area contributed by atoms with Crippen molar-refractivity contribution >= 4 is 5.97 Å². The molecule has 0 radical (unpaired) electrons. The SMILES string of the molecule is CCOC(=O)C(c1ccc2c(c1)CCO2)c1ccc2c(c1)CCO2. The predicted molar refractivity (Wildman–Crippen MR) is 89.8 cm³/mol. The second-order valence-electron chi connectivity index (χ2n) is 6.12. The maximum absolute atomic E-state index is 12.7. The highest BCUT2D eigenvalue weighted by atomic mass is 16.5. The number of hydrogen-bond acceptors (Lipinski definition) is 4. The van der Waals surface area contributed by atoms with Gasteiger partial charge < -0.3 is 14.2 Å². The van der Waals surface area contributed by atoms with Gasteiger partial charge in [-0.25, -0.2) is 0 Å². The summed E-state index contributed by atoms with van der Waals surface area (Å²) in [6, 6.07) is 12.0. The fraction of sp³-hybridized carbons (Fsp3) is 0.350. The molecule has 124 valence electrons. The minimum atomic E-state index is -0.415. The van der Waals surface area contributed by atoms with Crippen molar-refractivity contribution in [2.24, 2.45) is 0 Å². The highest BCUT2D eigenvalue weighted by molar-refractivity contribution is 5.82. The van der Waals surface area contributed by atoms with E-state index in [0.717, 1.165) is 46.6 Å². The van der Waals surface area contributed by atoms with Gasteiger partial charge in [0.05, 0.1) is 19.8 Å². The van der Waals surface area contributed by atoms with E-state index in [1.807, 2.05) is 31.2 Å². The lowest BCUT2D eigenvalue weighted by Crippen LogP contribution is -2.17. The first-order valence-electron chi connectivity index (χ1n) is 8.44. The number of fused-ring (bicyclic) bond motifs is 2. The van der Waals surface area contributed by atoms with Gasteiger partial charge in [-0.3, -0.25) is 4.79 Å². The number of carbonyl (C=O) groups is 1. The molecule has 2 aliphatic rings. The Morgan fingerprint density at radius 2 is 1.54 bits per heavy atom. The second kappa shape index (κ2) is 6.19. The van der Waals surface area contributed by atoms with Crippen LogP contribution in [0.5, 0.6) is 11.5 Å². The Balaban J connectivity index is 1.75. The zero-order valence-electron chi connectivity index (χ0n) is 13.7. The first-order chi connectivity index (χ1) is 11.8. The maximum Gasteiger partial charge on any atom is 0.317 e. The van der Waals surface area contributed by atoms with Crippen LogP contribution in [0.15, 0.2) is 36.4 Å². The van der Waals surface area contributed by atoms with Crippen LogP contribution in [0.2, 0.25) is 0 Å². The fourth-order valence-electron chi connectivity index (χ4n) is 3.46. The van der Waals surface area contributed by atoms with Crippen LogP contribution in [0.4, 0.5) is 0 Å². The molecule has 0 aliphatic carbocycles. The van der Waals surface area contributed by atoms with Gasteiger partial charge in [0, 0.05) is 12.8 Å². The zero-order chi connectivity index (χ0) is 16.5. The minimum absolute atomic E-state index is 0.213. The number of ether oxygens (including phenoxy) is 3. The lowest BCUT2D eigenvalue weighted by molar-refractivity contribution is -0.143. The molecule has 2 aromatic rings. The van der Waals surface area contributed by atoms with Gasteiger partial charge in [-0.1, -0.05) is 24.3 Å². The fourth-order valence-corrected chi connectivity index (χ4v) is 3.46. The molecule has 0 spiro atoms. The number of carbonyl (C=O) groups excluding carboxylic acids is 1. The molecule has 0 saturated carbocycles. The third-order valence-corrected chi connectivity index (χ3v) is 4.62. The van der Waals surface area contributed by atoms with E-state index in [0.29, 0.717) is 19.8 Å². The van der Waals surface area contributed by atoms with E-state index in [2.05, 4.69) is 12.1 Å². The largest absolute Gasteiger partial charge is 0.493 e. The zero-order valence-corrected chi connectivity index (χ0v) is 13.7. The van der Waals surface area contributed by atoms with Crippen LogP contribution in [0.25, 0.3) is 0 Å². The Kier molecular flexibility index (Phi) is 3.89. The molecule has 4 nitrogen and oxygen atoms in total. The van der Waals surface area contributed by atoms with E-state index in [9.17, 15) is 4.79 Å². The summed E-state index contributed by atoms with van der Waals surface area (Å²) in [6.45, 7) is 3.62. The summed E-state index contributed by atoms with van der Waals surface area (Å²) in [6.07, 6.45) is 1.77. The van der Waals surface area contributed by atoms with Gasteiger partial charge in [0.1, 0.15) is 17.4 Å². The van der Waals surface area contributed by atoms with Crippen LogP contribution in [0, 0.1) is 0 Å². The molecule has 2 heterocycles. The molecule has 0 saturated heterocycles. The standard InChI is InChI=1S/C20H20O4/c1-2-22-20(21)19(15-3-5-17-13(11-15)7-9-23-17)16-4-6-18-14(12-16)8-10-24-18/h3-6,11-12,19H,2,7-10H2,1H3. The Morgan fingerprint density at radius 1 is 1.00 bits per heavy atom. The molecule has 0 bridgehead atoms. The van der Waals surface area contributed by atoms with E-state index in [-0.39, 0.29) is 5.97 Å². The summed E-state index contributed by atoms with van der Waals surface area (Å²) in [7, 11) is 0. The molecular weight excluding hydrogens is 304 g/mol. The van der Waals surface area contributed by atoms with Crippen LogP contribution in [0.1, 0.15) is 35.1 Å². The number of hydrogen-bond donors (Lipinski definition) is 0. The Morgan fingerprint density at radius 3 is 2.04 bits per heavy atom. The maximum atomic E-state index is 12.7. The summed E-state index contributed by atoms with van der Waals surface area (Å²) < 4.78 is 16.5. The molecular formula is C20H20O4. The molecule has 2 aliphatic heterocycles. The van der Waals surface area contributed by atoms with Crippen molar-refractivity contribution in [2.45, 2.75) is 25.7 Å².